The number of carbonyl (C=O) groups is 1. The molecule has 0 aliphatic carbocycles. The van der Waals surface area contributed by atoms with Gasteiger partial charge in [0.1, 0.15) is 5.75 Å². The van der Waals surface area contributed by atoms with E-state index in [1.165, 1.54) is 5.56 Å². The molecule has 24 heavy (non-hydrogen) atoms. The van der Waals surface area contributed by atoms with Gasteiger partial charge in [0.15, 0.2) is 5.69 Å². The maximum absolute atomic E-state index is 12.9. The zero-order valence-corrected chi connectivity index (χ0v) is 13.8. The lowest BCUT2D eigenvalue weighted by molar-refractivity contribution is 0.0783. The third-order valence-corrected chi connectivity index (χ3v) is 5.07. The fourth-order valence-electron chi connectivity index (χ4n) is 3.64. The first-order valence-electron chi connectivity index (χ1n) is 8.46. The number of aromatic nitrogens is 2. The standard InChI is InChI=1S/C18H22N4O2/c1-24-14-4-2-12(3-5-14)13-7-9-22(11-13)18(23)17-15-10-19-8-6-16(15)20-21-17/h2-5,13,19H,6-11H2,1H3,(H,20,21). The Bertz CT molecular complexity index is 738. The second-order valence-electron chi connectivity index (χ2n) is 6.47. The molecule has 1 aromatic heterocycles. The number of ether oxygens (including phenoxy) is 1. The molecule has 1 atom stereocenters. The van der Waals surface area contributed by atoms with Gasteiger partial charge in [0, 0.05) is 49.8 Å². The molecule has 2 aromatic rings. The number of carbonyl (C=O) groups excluding carboxylic acids is 1. The first kappa shape index (κ1) is 15.2. The SMILES string of the molecule is COc1ccc(C2CCN(C(=O)c3n[nH]c4c3CNCC4)C2)cc1. The highest BCUT2D eigenvalue weighted by molar-refractivity contribution is 5.94. The lowest BCUT2D eigenvalue weighted by Gasteiger charge is -2.18. The summed E-state index contributed by atoms with van der Waals surface area (Å²) in [6.45, 7) is 3.19. The van der Waals surface area contributed by atoms with Crippen molar-refractivity contribution in [1.29, 1.82) is 0 Å². The molecule has 3 heterocycles. The third-order valence-electron chi connectivity index (χ3n) is 5.07. The van der Waals surface area contributed by atoms with Crippen molar-refractivity contribution in [2.24, 2.45) is 0 Å². The Balaban J connectivity index is 1.48. The van der Waals surface area contributed by atoms with Crippen LogP contribution < -0.4 is 10.1 Å². The van der Waals surface area contributed by atoms with E-state index < -0.39 is 0 Å². The summed E-state index contributed by atoms with van der Waals surface area (Å²) in [5.41, 5.74) is 3.99. The van der Waals surface area contributed by atoms with E-state index in [0.717, 1.165) is 56.0 Å². The number of fused-ring (bicyclic) bond motifs is 1. The van der Waals surface area contributed by atoms with Crippen LogP contribution in [0.5, 0.6) is 5.75 Å². The molecule has 6 heteroatoms. The molecule has 2 aliphatic rings. The van der Waals surface area contributed by atoms with Crippen molar-refractivity contribution < 1.29 is 9.53 Å². The fourth-order valence-corrected chi connectivity index (χ4v) is 3.64. The van der Waals surface area contributed by atoms with Crippen molar-refractivity contribution >= 4 is 5.91 Å². The van der Waals surface area contributed by atoms with Crippen LogP contribution in [0, 0.1) is 0 Å². The minimum Gasteiger partial charge on any atom is -0.497 e. The predicted octanol–water partition coefficient (Wildman–Crippen LogP) is 1.69. The smallest absolute Gasteiger partial charge is 0.274 e. The quantitative estimate of drug-likeness (QED) is 0.900. The van der Waals surface area contributed by atoms with Crippen LogP contribution in [-0.4, -0.2) is 47.7 Å². The summed E-state index contributed by atoms with van der Waals surface area (Å²) >= 11 is 0. The van der Waals surface area contributed by atoms with Crippen LogP contribution in [0.15, 0.2) is 24.3 Å². The molecule has 2 N–H and O–H groups in total. The highest BCUT2D eigenvalue weighted by atomic mass is 16.5. The van der Waals surface area contributed by atoms with Gasteiger partial charge >= 0.3 is 0 Å². The normalized spacial score (nSPS) is 20.0. The molecule has 4 rings (SSSR count). The van der Waals surface area contributed by atoms with E-state index in [0.29, 0.717) is 11.6 Å². The number of benzene rings is 1. The van der Waals surface area contributed by atoms with Gasteiger partial charge in [-0.15, -0.1) is 0 Å². The Morgan fingerprint density at radius 2 is 2.17 bits per heavy atom. The zero-order valence-electron chi connectivity index (χ0n) is 13.8. The number of aromatic amines is 1. The molecule has 6 nitrogen and oxygen atoms in total. The Hall–Kier alpha value is -2.34. The van der Waals surface area contributed by atoms with Gasteiger partial charge in [-0.05, 0) is 24.1 Å². The number of rotatable bonds is 3. The second kappa shape index (κ2) is 6.28. The summed E-state index contributed by atoms with van der Waals surface area (Å²) in [5.74, 6) is 1.29. The lowest BCUT2D eigenvalue weighted by atomic mass is 9.98. The topological polar surface area (TPSA) is 70.2 Å². The van der Waals surface area contributed by atoms with Gasteiger partial charge in [0.2, 0.25) is 0 Å². The van der Waals surface area contributed by atoms with Gasteiger partial charge in [-0.3, -0.25) is 9.89 Å². The van der Waals surface area contributed by atoms with Crippen molar-refractivity contribution in [3.05, 3.63) is 46.8 Å². The van der Waals surface area contributed by atoms with E-state index in [2.05, 4.69) is 27.6 Å². The van der Waals surface area contributed by atoms with Gasteiger partial charge in [-0.2, -0.15) is 5.10 Å². The number of methoxy groups -OCH3 is 1. The largest absolute Gasteiger partial charge is 0.497 e. The Morgan fingerprint density at radius 3 is 2.96 bits per heavy atom. The summed E-state index contributed by atoms with van der Waals surface area (Å²) in [4.78, 5) is 14.8. The molecule has 0 saturated carbocycles. The highest BCUT2D eigenvalue weighted by Gasteiger charge is 2.31. The number of hydrogen-bond acceptors (Lipinski definition) is 4. The summed E-state index contributed by atoms with van der Waals surface area (Å²) < 4.78 is 5.21. The van der Waals surface area contributed by atoms with Crippen molar-refractivity contribution in [2.45, 2.75) is 25.3 Å². The summed E-state index contributed by atoms with van der Waals surface area (Å²) in [7, 11) is 1.67. The fraction of sp³-hybridized carbons (Fsp3) is 0.444. The monoisotopic (exact) mass is 326 g/mol. The Kier molecular flexibility index (Phi) is 3.98. The molecule has 1 amide bonds. The van der Waals surface area contributed by atoms with E-state index in [9.17, 15) is 4.79 Å². The Labute approximate surface area is 141 Å². The Morgan fingerprint density at radius 1 is 1.33 bits per heavy atom. The number of nitrogens with zero attached hydrogens (tertiary/aromatic N) is 2. The van der Waals surface area contributed by atoms with Gasteiger partial charge in [-0.25, -0.2) is 0 Å². The summed E-state index contributed by atoms with van der Waals surface area (Å²) in [6.07, 6.45) is 1.90. The van der Waals surface area contributed by atoms with Crippen LogP contribution in [0.1, 0.15) is 39.6 Å². The van der Waals surface area contributed by atoms with Crippen LogP contribution in [0.2, 0.25) is 0 Å². The number of likely N-dealkylation sites (tertiary alicyclic amines) is 1. The van der Waals surface area contributed by atoms with Crippen molar-refractivity contribution in [2.75, 3.05) is 26.7 Å². The van der Waals surface area contributed by atoms with E-state index in [-0.39, 0.29) is 5.91 Å². The first-order chi connectivity index (χ1) is 11.8. The summed E-state index contributed by atoms with van der Waals surface area (Å²) in [6, 6.07) is 8.15. The van der Waals surface area contributed by atoms with Crippen LogP contribution in [0.25, 0.3) is 0 Å². The van der Waals surface area contributed by atoms with Gasteiger partial charge in [-0.1, -0.05) is 12.1 Å². The molecule has 1 aromatic carbocycles. The number of nitrogens with one attached hydrogen (secondary N) is 2. The van der Waals surface area contributed by atoms with E-state index in [4.69, 9.17) is 4.74 Å². The van der Waals surface area contributed by atoms with E-state index in [1.54, 1.807) is 7.11 Å². The minimum atomic E-state index is 0.0483. The molecule has 1 fully saturated rings. The maximum Gasteiger partial charge on any atom is 0.274 e. The van der Waals surface area contributed by atoms with Gasteiger partial charge in [0.25, 0.3) is 5.91 Å². The lowest BCUT2D eigenvalue weighted by Crippen LogP contribution is -2.31. The molecular formula is C18H22N4O2. The van der Waals surface area contributed by atoms with Crippen LogP contribution in [0.3, 0.4) is 0 Å². The van der Waals surface area contributed by atoms with Crippen LogP contribution in [0.4, 0.5) is 0 Å². The molecular weight excluding hydrogens is 304 g/mol. The molecule has 0 spiro atoms. The molecule has 0 bridgehead atoms. The third kappa shape index (κ3) is 2.67. The molecule has 126 valence electrons. The zero-order chi connectivity index (χ0) is 16.5. The average molecular weight is 326 g/mol. The highest BCUT2D eigenvalue weighted by Crippen LogP contribution is 2.30. The van der Waals surface area contributed by atoms with Gasteiger partial charge < -0.3 is 15.0 Å². The summed E-state index contributed by atoms with van der Waals surface area (Å²) in [5, 5.41) is 10.6. The van der Waals surface area contributed by atoms with Gasteiger partial charge in [0.05, 0.1) is 7.11 Å². The van der Waals surface area contributed by atoms with Crippen molar-refractivity contribution in [3.63, 3.8) is 0 Å². The molecule has 1 saturated heterocycles. The minimum absolute atomic E-state index is 0.0483. The first-order valence-corrected chi connectivity index (χ1v) is 8.46. The van der Waals surface area contributed by atoms with Crippen LogP contribution >= 0.6 is 0 Å². The predicted molar refractivity (Wildman–Crippen MR) is 90.3 cm³/mol. The van der Waals surface area contributed by atoms with Crippen molar-refractivity contribution in [1.82, 2.24) is 20.4 Å². The van der Waals surface area contributed by atoms with E-state index >= 15 is 0 Å². The number of H-pyrrole nitrogens is 1. The average Bonchev–Trinajstić information content (AvgIpc) is 3.28. The molecule has 2 aliphatic heterocycles. The van der Waals surface area contributed by atoms with Crippen molar-refractivity contribution in [3.8, 4) is 5.75 Å². The number of amides is 1. The number of hydrogen-bond donors (Lipinski definition) is 2. The maximum atomic E-state index is 12.9. The van der Waals surface area contributed by atoms with E-state index in [1.807, 2.05) is 17.0 Å². The molecule has 1 unspecified atom stereocenters. The second-order valence-corrected chi connectivity index (χ2v) is 6.47. The molecule has 0 radical (unpaired) electrons. The van der Waals surface area contributed by atoms with Crippen LogP contribution in [-0.2, 0) is 13.0 Å².